The molecule has 1 heterocycles. The molecule has 108 valence electrons. The first-order chi connectivity index (χ1) is 8.88. The van der Waals surface area contributed by atoms with Gasteiger partial charge in [0, 0.05) is 19.1 Å². The number of aromatic nitrogens is 1. The zero-order valence-corrected chi connectivity index (χ0v) is 11.1. The van der Waals surface area contributed by atoms with Crippen molar-refractivity contribution in [1.82, 2.24) is 9.88 Å². The lowest BCUT2D eigenvalue weighted by Crippen LogP contribution is -2.33. The molecule has 0 fully saturated rings. The number of hydrogen-bond acceptors (Lipinski definition) is 3. The maximum atomic E-state index is 13.3. The molecule has 1 atom stereocenters. The second-order valence-corrected chi connectivity index (χ2v) is 4.36. The molecular formula is C12H17F4N3. The quantitative estimate of drug-likeness (QED) is 0.641. The Bertz CT molecular complexity index is 413. The zero-order valence-electron chi connectivity index (χ0n) is 11.1. The standard InChI is InChI=1S/C12H17F4N3/c1-4-7(2)19(3)6-5-17-10-8(13)11(15)18-12(16)9(10)14/h7H,4-6H2,1-3H3,(H,17,18). The molecule has 0 radical (unpaired) electrons. The lowest BCUT2D eigenvalue weighted by molar-refractivity contribution is 0.261. The third kappa shape index (κ3) is 3.79. The minimum absolute atomic E-state index is 0.164. The van der Waals surface area contributed by atoms with Gasteiger partial charge < -0.3 is 10.2 Å². The highest BCUT2D eigenvalue weighted by Gasteiger charge is 2.20. The van der Waals surface area contributed by atoms with E-state index in [0.29, 0.717) is 12.6 Å². The van der Waals surface area contributed by atoms with Crippen molar-refractivity contribution in [2.75, 3.05) is 25.5 Å². The van der Waals surface area contributed by atoms with Crippen LogP contribution in [0.1, 0.15) is 20.3 Å². The average Bonchev–Trinajstić information content (AvgIpc) is 2.39. The van der Waals surface area contributed by atoms with E-state index in [1.165, 1.54) is 0 Å². The Kier molecular flexibility index (Phi) is 5.53. The molecule has 1 aromatic heterocycles. The smallest absolute Gasteiger partial charge is 0.253 e. The molecule has 1 rings (SSSR count). The van der Waals surface area contributed by atoms with Gasteiger partial charge in [-0.1, -0.05) is 6.92 Å². The van der Waals surface area contributed by atoms with Crippen molar-refractivity contribution < 1.29 is 17.6 Å². The van der Waals surface area contributed by atoms with Gasteiger partial charge in [-0.25, -0.2) is 0 Å². The second-order valence-electron chi connectivity index (χ2n) is 4.36. The van der Waals surface area contributed by atoms with E-state index < -0.39 is 29.2 Å². The largest absolute Gasteiger partial charge is 0.379 e. The van der Waals surface area contributed by atoms with E-state index in [4.69, 9.17) is 0 Å². The van der Waals surface area contributed by atoms with Crippen LogP contribution in [0.5, 0.6) is 0 Å². The summed E-state index contributed by atoms with van der Waals surface area (Å²) in [5.74, 6) is -6.33. The van der Waals surface area contributed by atoms with Gasteiger partial charge in [-0.2, -0.15) is 22.5 Å². The number of halogens is 4. The zero-order chi connectivity index (χ0) is 14.6. The second kappa shape index (κ2) is 6.70. The summed E-state index contributed by atoms with van der Waals surface area (Å²) in [5.41, 5.74) is -0.817. The number of likely N-dealkylation sites (N-methyl/N-ethyl adjacent to an activating group) is 1. The summed E-state index contributed by atoms with van der Waals surface area (Å²) < 4.78 is 52.2. The summed E-state index contributed by atoms with van der Waals surface area (Å²) >= 11 is 0. The van der Waals surface area contributed by atoms with Gasteiger partial charge in [-0.3, -0.25) is 0 Å². The lowest BCUT2D eigenvalue weighted by Gasteiger charge is -2.23. The van der Waals surface area contributed by atoms with Gasteiger partial charge in [-0.15, -0.1) is 0 Å². The number of pyridine rings is 1. The predicted octanol–water partition coefficient (Wildman–Crippen LogP) is 2.78. The summed E-state index contributed by atoms with van der Waals surface area (Å²) in [6.45, 7) is 4.67. The fourth-order valence-electron chi connectivity index (χ4n) is 1.53. The molecule has 1 unspecified atom stereocenters. The Labute approximate surface area is 109 Å². The van der Waals surface area contributed by atoms with Crippen LogP contribution in [0.3, 0.4) is 0 Å². The average molecular weight is 279 g/mol. The fourth-order valence-corrected chi connectivity index (χ4v) is 1.53. The van der Waals surface area contributed by atoms with Crippen molar-refractivity contribution >= 4 is 5.69 Å². The van der Waals surface area contributed by atoms with Gasteiger partial charge in [0.05, 0.1) is 0 Å². The van der Waals surface area contributed by atoms with E-state index in [2.05, 4.69) is 10.3 Å². The molecule has 0 aliphatic heterocycles. The molecule has 0 aliphatic rings. The molecule has 1 aromatic rings. The minimum atomic E-state index is -1.66. The Balaban J connectivity index is 2.68. The van der Waals surface area contributed by atoms with Crippen LogP contribution in [0.25, 0.3) is 0 Å². The molecule has 0 saturated heterocycles. The Morgan fingerprint density at radius 1 is 1.16 bits per heavy atom. The molecule has 0 aromatic carbocycles. The van der Waals surface area contributed by atoms with Crippen molar-refractivity contribution in [3.8, 4) is 0 Å². The van der Waals surface area contributed by atoms with Crippen molar-refractivity contribution in [3.05, 3.63) is 23.5 Å². The summed E-state index contributed by atoms with van der Waals surface area (Å²) in [7, 11) is 1.86. The van der Waals surface area contributed by atoms with Crippen LogP contribution in [0.2, 0.25) is 0 Å². The van der Waals surface area contributed by atoms with E-state index in [1.54, 1.807) is 0 Å². The van der Waals surface area contributed by atoms with Crippen LogP contribution < -0.4 is 5.32 Å². The molecule has 0 spiro atoms. The Hall–Kier alpha value is -1.37. The maximum absolute atomic E-state index is 13.3. The van der Waals surface area contributed by atoms with Crippen molar-refractivity contribution in [2.45, 2.75) is 26.3 Å². The third-order valence-electron chi connectivity index (χ3n) is 3.11. The SMILES string of the molecule is CCC(C)N(C)CCNc1c(F)c(F)nc(F)c1F. The number of nitrogens with zero attached hydrogens (tertiary/aromatic N) is 2. The van der Waals surface area contributed by atoms with Crippen LogP contribution >= 0.6 is 0 Å². The summed E-state index contributed by atoms with van der Waals surface area (Å²) in [5, 5.41) is 2.36. The lowest BCUT2D eigenvalue weighted by atomic mass is 10.2. The molecule has 0 aliphatic carbocycles. The van der Waals surface area contributed by atoms with E-state index >= 15 is 0 Å². The van der Waals surface area contributed by atoms with Gasteiger partial charge >= 0.3 is 0 Å². The number of nitrogens with one attached hydrogen (secondary N) is 1. The fraction of sp³-hybridized carbons (Fsp3) is 0.583. The normalized spacial score (nSPS) is 12.8. The van der Waals surface area contributed by atoms with Gasteiger partial charge in [0.2, 0.25) is 11.6 Å². The van der Waals surface area contributed by atoms with Crippen LogP contribution in [-0.2, 0) is 0 Å². The number of anilines is 1. The highest BCUT2D eigenvalue weighted by molar-refractivity contribution is 5.45. The first-order valence-corrected chi connectivity index (χ1v) is 6.02. The molecule has 3 nitrogen and oxygen atoms in total. The molecule has 0 saturated carbocycles. The Morgan fingerprint density at radius 2 is 1.68 bits per heavy atom. The number of hydrogen-bond donors (Lipinski definition) is 1. The van der Waals surface area contributed by atoms with E-state index in [9.17, 15) is 17.6 Å². The Morgan fingerprint density at radius 3 is 2.16 bits per heavy atom. The number of rotatable bonds is 6. The summed E-state index contributed by atoms with van der Waals surface area (Å²) in [4.78, 5) is 4.45. The topological polar surface area (TPSA) is 28.2 Å². The van der Waals surface area contributed by atoms with E-state index in [0.717, 1.165) is 6.42 Å². The third-order valence-corrected chi connectivity index (χ3v) is 3.11. The molecule has 0 amide bonds. The molecule has 7 heteroatoms. The van der Waals surface area contributed by atoms with Crippen molar-refractivity contribution in [3.63, 3.8) is 0 Å². The van der Waals surface area contributed by atoms with E-state index in [1.807, 2.05) is 25.8 Å². The van der Waals surface area contributed by atoms with Gasteiger partial charge in [-0.05, 0) is 20.4 Å². The summed E-state index contributed by atoms with van der Waals surface area (Å²) in [6, 6.07) is 0.308. The first kappa shape index (κ1) is 15.7. The van der Waals surface area contributed by atoms with Crippen LogP contribution in [0.15, 0.2) is 0 Å². The molecule has 1 N–H and O–H groups in total. The van der Waals surface area contributed by atoms with Gasteiger partial charge in [0.1, 0.15) is 5.69 Å². The highest BCUT2D eigenvalue weighted by atomic mass is 19.2. The van der Waals surface area contributed by atoms with Crippen LogP contribution in [-0.4, -0.2) is 36.1 Å². The highest BCUT2D eigenvalue weighted by Crippen LogP contribution is 2.21. The van der Waals surface area contributed by atoms with Crippen LogP contribution in [0, 0.1) is 23.5 Å². The van der Waals surface area contributed by atoms with Gasteiger partial charge in [0.25, 0.3) is 11.9 Å². The maximum Gasteiger partial charge on any atom is 0.253 e. The van der Waals surface area contributed by atoms with Gasteiger partial charge in [0.15, 0.2) is 0 Å². The summed E-state index contributed by atoms with van der Waals surface area (Å²) in [6.07, 6.45) is 0.928. The van der Waals surface area contributed by atoms with Crippen molar-refractivity contribution in [1.29, 1.82) is 0 Å². The minimum Gasteiger partial charge on any atom is -0.379 e. The molecular weight excluding hydrogens is 262 g/mol. The van der Waals surface area contributed by atoms with Crippen LogP contribution in [0.4, 0.5) is 23.2 Å². The first-order valence-electron chi connectivity index (χ1n) is 6.02. The molecule has 0 bridgehead atoms. The molecule has 19 heavy (non-hydrogen) atoms. The van der Waals surface area contributed by atoms with E-state index in [-0.39, 0.29) is 6.54 Å². The van der Waals surface area contributed by atoms with Crippen molar-refractivity contribution in [2.24, 2.45) is 0 Å². The predicted molar refractivity (Wildman–Crippen MR) is 64.9 cm³/mol. The monoisotopic (exact) mass is 279 g/mol.